The van der Waals surface area contributed by atoms with Gasteiger partial charge in [0.15, 0.2) is 12.4 Å². The largest absolute Gasteiger partial charge is 0.482 e. The van der Waals surface area contributed by atoms with Gasteiger partial charge in [0.2, 0.25) is 5.89 Å². The number of halogens is 2. The number of carbonyl (C=O) groups excluding carboxylic acids is 2. The van der Waals surface area contributed by atoms with Gasteiger partial charge in [0.25, 0.3) is 0 Å². The Morgan fingerprint density at radius 1 is 1.12 bits per heavy atom. The number of hydrogen-bond donors (Lipinski definition) is 0. The summed E-state index contributed by atoms with van der Waals surface area (Å²) in [5.74, 6) is 1.28. The van der Waals surface area contributed by atoms with E-state index in [1.54, 1.807) is 43.3 Å². The molecule has 0 radical (unpaired) electrons. The standard InChI is InChI=1S/C26H27Cl2NO5/c1-5-32-24(31)14-33-18-7-9-19(16(4)12-18)23(30)11-10-22-25(15(2)3)34-26(29-22)20-8-6-17(27)13-21(20)28/h6-9,12-13,15H,5,10-11,14H2,1-4H3. The quantitative estimate of drug-likeness (QED) is 0.222. The zero-order valence-corrected chi connectivity index (χ0v) is 21.1. The lowest BCUT2D eigenvalue weighted by Gasteiger charge is -2.09. The molecule has 0 bridgehead atoms. The summed E-state index contributed by atoms with van der Waals surface area (Å²) in [6, 6.07) is 10.3. The Hall–Kier alpha value is -2.83. The van der Waals surface area contributed by atoms with E-state index < -0.39 is 5.97 Å². The molecule has 0 saturated carbocycles. The van der Waals surface area contributed by atoms with Crippen LogP contribution in [0.5, 0.6) is 5.75 Å². The second-order valence-electron chi connectivity index (χ2n) is 8.10. The van der Waals surface area contributed by atoms with E-state index in [-0.39, 0.29) is 24.7 Å². The van der Waals surface area contributed by atoms with Crippen molar-refractivity contribution in [3.63, 3.8) is 0 Å². The molecule has 1 aromatic heterocycles. The van der Waals surface area contributed by atoms with Crippen molar-refractivity contribution < 1.29 is 23.5 Å². The van der Waals surface area contributed by atoms with Crippen molar-refractivity contribution in [1.82, 2.24) is 4.98 Å². The predicted molar refractivity (Wildman–Crippen MR) is 132 cm³/mol. The van der Waals surface area contributed by atoms with Crippen LogP contribution in [0.25, 0.3) is 11.5 Å². The minimum absolute atomic E-state index is 0.0155. The molecule has 0 amide bonds. The summed E-state index contributed by atoms with van der Waals surface area (Å²) in [4.78, 5) is 29.1. The molecule has 2 aromatic carbocycles. The maximum atomic E-state index is 12.9. The normalized spacial score (nSPS) is 11.0. The van der Waals surface area contributed by atoms with Crippen molar-refractivity contribution in [1.29, 1.82) is 0 Å². The van der Waals surface area contributed by atoms with E-state index in [2.05, 4.69) is 4.98 Å². The zero-order valence-electron chi connectivity index (χ0n) is 19.6. The summed E-state index contributed by atoms with van der Waals surface area (Å²) in [5, 5.41) is 0.982. The highest BCUT2D eigenvalue weighted by Crippen LogP contribution is 2.33. The lowest BCUT2D eigenvalue weighted by Crippen LogP contribution is -2.14. The average Bonchev–Trinajstić information content (AvgIpc) is 3.20. The number of ketones is 1. The number of nitrogens with zero attached hydrogens (tertiary/aromatic N) is 1. The highest BCUT2D eigenvalue weighted by Gasteiger charge is 2.20. The number of esters is 1. The van der Waals surface area contributed by atoms with Gasteiger partial charge in [-0.1, -0.05) is 37.0 Å². The van der Waals surface area contributed by atoms with Gasteiger partial charge in [-0.3, -0.25) is 4.79 Å². The van der Waals surface area contributed by atoms with Crippen LogP contribution < -0.4 is 4.74 Å². The minimum Gasteiger partial charge on any atom is -0.482 e. The second kappa shape index (κ2) is 11.5. The van der Waals surface area contributed by atoms with Crippen molar-refractivity contribution in [2.24, 2.45) is 0 Å². The molecule has 8 heteroatoms. The fourth-order valence-electron chi connectivity index (χ4n) is 3.52. The summed E-state index contributed by atoms with van der Waals surface area (Å²) < 4.78 is 16.3. The van der Waals surface area contributed by atoms with Gasteiger partial charge in [-0.05, 0) is 55.8 Å². The summed E-state index contributed by atoms with van der Waals surface area (Å²) in [7, 11) is 0. The van der Waals surface area contributed by atoms with Gasteiger partial charge in [-0.15, -0.1) is 0 Å². The summed E-state index contributed by atoms with van der Waals surface area (Å²) in [6.45, 7) is 7.72. The Morgan fingerprint density at radius 2 is 1.88 bits per heavy atom. The SMILES string of the molecule is CCOC(=O)COc1ccc(C(=O)CCc2nc(-c3ccc(Cl)cc3Cl)oc2C(C)C)c(C)c1. The van der Waals surface area contributed by atoms with Crippen LogP contribution in [0, 0.1) is 6.92 Å². The van der Waals surface area contributed by atoms with E-state index in [1.807, 2.05) is 20.8 Å². The molecule has 0 N–H and O–H groups in total. The average molecular weight is 504 g/mol. The molecule has 0 fully saturated rings. The zero-order chi connectivity index (χ0) is 24.8. The molecule has 0 unspecified atom stereocenters. The van der Waals surface area contributed by atoms with Gasteiger partial charge in [-0.25, -0.2) is 9.78 Å². The third-order valence-corrected chi connectivity index (χ3v) is 5.71. The van der Waals surface area contributed by atoms with Gasteiger partial charge < -0.3 is 13.9 Å². The summed E-state index contributed by atoms with van der Waals surface area (Å²) in [6.07, 6.45) is 0.700. The number of aromatic nitrogens is 1. The van der Waals surface area contributed by atoms with Crippen molar-refractivity contribution in [3.8, 4) is 17.2 Å². The van der Waals surface area contributed by atoms with Gasteiger partial charge in [0.05, 0.1) is 22.9 Å². The highest BCUT2D eigenvalue weighted by atomic mass is 35.5. The second-order valence-corrected chi connectivity index (χ2v) is 8.95. The molecule has 0 saturated heterocycles. The van der Waals surface area contributed by atoms with Crippen molar-refractivity contribution in [3.05, 3.63) is 69.0 Å². The van der Waals surface area contributed by atoms with Crippen LogP contribution in [-0.4, -0.2) is 30.0 Å². The van der Waals surface area contributed by atoms with E-state index in [4.69, 9.17) is 37.1 Å². The Kier molecular flexibility index (Phi) is 8.75. The molecule has 3 aromatic rings. The fourth-order valence-corrected chi connectivity index (χ4v) is 4.01. The Labute approximate surface area is 209 Å². The van der Waals surface area contributed by atoms with Crippen molar-refractivity contribution in [2.75, 3.05) is 13.2 Å². The molecule has 3 rings (SSSR count). The van der Waals surface area contributed by atoms with Crippen molar-refractivity contribution in [2.45, 2.75) is 46.5 Å². The van der Waals surface area contributed by atoms with Crippen LogP contribution in [-0.2, 0) is 16.0 Å². The van der Waals surface area contributed by atoms with E-state index in [1.165, 1.54) is 0 Å². The van der Waals surface area contributed by atoms with E-state index >= 15 is 0 Å². The first-order valence-corrected chi connectivity index (χ1v) is 11.8. The molecule has 0 spiro atoms. The number of carbonyl (C=O) groups is 2. The summed E-state index contributed by atoms with van der Waals surface area (Å²) in [5.41, 5.74) is 2.75. The topological polar surface area (TPSA) is 78.6 Å². The maximum absolute atomic E-state index is 12.9. The molecule has 1 heterocycles. The molecular formula is C26H27Cl2NO5. The monoisotopic (exact) mass is 503 g/mol. The molecule has 0 aliphatic heterocycles. The van der Waals surface area contributed by atoms with Crippen LogP contribution >= 0.6 is 23.2 Å². The molecule has 34 heavy (non-hydrogen) atoms. The first-order valence-electron chi connectivity index (χ1n) is 11.1. The van der Waals surface area contributed by atoms with Gasteiger partial charge >= 0.3 is 5.97 Å². The molecule has 0 aliphatic rings. The van der Waals surface area contributed by atoms with Crippen LogP contribution in [0.4, 0.5) is 0 Å². The number of hydrogen-bond acceptors (Lipinski definition) is 6. The predicted octanol–water partition coefficient (Wildman–Crippen LogP) is 6.84. The summed E-state index contributed by atoms with van der Waals surface area (Å²) >= 11 is 12.3. The maximum Gasteiger partial charge on any atom is 0.344 e. The highest BCUT2D eigenvalue weighted by molar-refractivity contribution is 6.36. The van der Waals surface area contributed by atoms with E-state index in [0.29, 0.717) is 45.8 Å². The van der Waals surface area contributed by atoms with Crippen LogP contribution in [0.2, 0.25) is 10.0 Å². The Morgan fingerprint density at radius 3 is 2.53 bits per heavy atom. The Balaban J connectivity index is 1.71. The van der Waals surface area contributed by atoms with E-state index in [9.17, 15) is 9.59 Å². The number of oxazole rings is 1. The molecule has 0 aliphatic carbocycles. The van der Waals surface area contributed by atoms with Gasteiger partial charge in [0.1, 0.15) is 11.5 Å². The van der Waals surface area contributed by atoms with Gasteiger partial charge in [-0.2, -0.15) is 0 Å². The Bertz CT molecular complexity index is 1190. The van der Waals surface area contributed by atoms with Crippen LogP contribution in [0.1, 0.15) is 60.5 Å². The lowest BCUT2D eigenvalue weighted by molar-refractivity contribution is -0.145. The van der Waals surface area contributed by atoms with Gasteiger partial charge in [0, 0.05) is 29.3 Å². The number of Topliss-reactive ketones (excluding diaryl/α,β-unsaturated/α-hetero) is 1. The van der Waals surface area contributed by atoms with Crippen LogP contribution in [0.15, 0.2) is 40.8 Å². The number of aryl methyl sites for hydroxylation is 2. The third-order valence-electron chi connectivity index (χ3n) is 5.16. The first-order chi connectivity index (χ1) is 16.2. The molecule has 0 atom stereocenters. The minimum atomic E-state index is -0.437. The number of benzene rings is 2. The van der Waals surface area contributed by atoms with E-state index in [0.717, 1.165) is 17.0 Å². The fraction of sp³-hybridized carbons (Fsp3) is 0.346. The smallest absolute Gasteiger partial charge is 0.344 e. The number of rotatable bonds is 10. The number of ether oxygens (including phenoxy) is 2. The third kappa shape index (κ3) is 6.39. The van der Waals surface area contributed by atoms with Crippen LogP contribution in [0.3, 0.4) is 0 Å². The first kappa shape index (κ1) is 25.8. The molecule has 6 nitrogen and oxygen atoms in total. The molecular weight excluding hydrogens is 477 g/mol. The lowest BCUT2D eigenvalue weighted by atomic mass is 9.99. The molecule has 180 valence electrons. The van der Waals surface area contributed by atoms with Crippen molar-refractivity contribution >= 4 is 35.0 Å².